The van der Waals surface area contributed by atoms with Crippen LogP contribution in [0.2, 0.25) is 0 Å². The fourth-order valence-corrected chi connectivity index (χ4v) is 2.54. The highest BCUT2D eigenvalue weighted by Crippen LogP contribution is 2.27. The minimum absolute atomic E-state index is 0.984. The van der Waals surface area contributed by atoms with Gasteiger partial charge in [-0.1, -0.05) is 35.5 Å². The van der Waals surface area contributed by atoms with Crippen LogP contribution in [0.5, 0.6) is 0 Å². The van der Waals surface area contributed by atoms with E-state index in [2.05, 4.69) is 25.2 Å². The van der Waals surface area contributed by atoms with Gasteiger partial charge in [0.05, 0.1) is 0 Å². The second kappa shape index (κ2) is 1.71. The molecule has 0 saturated heterocycles. The third-order valence-corrected chi connectivity index (χ3v) is 3.12. The highest BCUT2D eigenvalue weighted by Gasteiger charge is 2.16. The third-order valence-electron chi connectivity index (χ3n) is 1.77. The van der Waals surface area contributed by atoms with Gasteiger partial charge >= 0.3 is 0 Å². The van der Waals surface area contributed by atoms with Gasteiger partial charge in [-0.25, -0.2) is 0 Å². The van der Waals surface area contributed by atoms with E-state index in [-0.39, 0.29) is 0 Å². The van der Waals surface area contributed by atoms with Gasteiger partial charge in [0, 0.05) is 0 Å². The summed E-state index contributed by atoms with van der Waals surface area (Å²) in [6, 6.07) is 0. The van der Waals surface area contributed by atoms with Gasteiger partial charge in [0.15, 0.2) is 0 Å². The van der Waals surface area contributed by atoms with E-state index in [9.17, 15) is 0 Å². The van der Waals surface area contributed by atoms with Crippen molar-refractivity contribution < 1.29 is 0 Å². The first kappa shape index (κ1) is 5.24. The maximum absolute atomic E-state index is 2.33. The molecule has 2 bridgehead atoms. The van der Waals surface area contributed by atoms with E-state index in [0.717, 1.165) is 9.52 Å². The summed E-state index contributed by atoms with van der Waals surface area (Å²) in [5.74, 6) is 0. The number of hydrogen-bond donors (Lipinski definition) is 0. The lowest BCUT2D eigenvalue weighted by Crippen LogP contribution is -1.83. The largest absolute Gasteiger partial charge is 0.121 e. The predicted molar refractivity (Wildman–Crippen MR) is 40.3 cm³/mol. The SMILES string of the molecule is CCC1=C2C=CC(=C1)[Si]2. The van der Waals surface area contributed by atoms with Crippen LogP contribution in [-0.2, 0) is 0 Å². The molecule has 0 amide bonds. The van der Waals surface area contributed by atoms with Gasteiger partial charge in [0.1, 0.15) is 9.52 Å². The molecule has 0 unspecified atom stereocenters. The van der Waals surface area contributed by atoms with Crippen molar-refractivity contribution >= 4 is 9.52 Å². The van der Waals surface area contributed by atoms with Crippen LogP contribution in [0.4, 0.5) is 0 Å². The van der Waals surface area contributed by atoms with E-state index >= 15 is 0 Å². The molecule has 44 valence electrons. The molecule has 0 aromatic heterocycles. The molecular weight excluding hydrogens is 124 g/mol. The normalized spacial score (nSPS) is 21.7. The Balaban J connectivity index is 2.45. The summed E-state index contributed by atoms with van der Waals surface area (Å²) in [6.45, 7) is 2.22. The highest BCUT2D eigenvalue weighted by molar-refractivity contribution is 6.59. The van der Waals surface area contributed by atoms with E-state index < -0.39 is 0 Å². The van der Waals surface area contributed by atoms with E-state index in [1.807, 2.05) is 0 Å². The molecule has 0 aromatic carbocycles. The van der Waals surface area contributed by atoms with E-state index in [1.54, 1.807) is 10.8 Å². The van der Waals surface area contributed by atoms with Crippen molar-refractivity contribution in [1.29, 1.82) is 0 Å². The van der Waals surface area contributed by atoms with Gasteiger partial charge in [-0.05, 0) is 12.0 Å². The van der Waals surface area contributed by atoms with Crippen LogP contribution >= 0.6 is 0 Å². The number of hydrogen-bond acceptors (Lipinski definition) is 0. The fraction of sp³-hybridized carbons (Fsp3) is 0.250. The van der Waals surface area contributed by atoms with Gasteiger partial charge in [0.2, 0.25) is 0 Å². The molecule has 2 rings (SSSR count). The summed E-state index contributed by atoms with van der Waals surface area (Å²) in [4.78, 5) is 0. The lowest BCUT2D eigenvalue weighted by molar-refractivity contribution is 1.14. The van der Waals surface area contributed by atoms with Crippen molar-refractivity contribution in [3.05, 3.63) is 34.2 Å². The topological polar surface area (TPSA) is 0 Å². The lowest BCUT2D eigenvalue weighted by atomic mass is 10.1. The van der Waals surface area contributed by atoms with Crippen LogP contribution in [0.3, 0.4) is 0 Å². The molecular formula is C8H8Si. The minimum atomic E-state index is 0.984. The Kier molecular flexibility index (Phi) is 0.994. The summed E-state index contributed by atoms with van der Waals surface area (Å²) >= 11 is 0. The first-order chi connectivity index (χ1) is 4.40. The Bertz CT molecular complexity index is 231. The van der Waals surface area contributed by atoms with Crippen molar-refractivity contribution in [2.24, 2.45) is 0 Å². The maximum Gasteiger partial charge on any atom is 0.121 e. The summed E-state index contributed by atoms with van der Waals surface area (Å²) < 4.78 is 0. The van der Waals surface area contributed by atoms with Gasteiger partial charge in [-0.2, -0.15) is 0 Å². The van der Waals surface area contributed by atoms with Crippen molar-refractivity contribution in [2.75, 3.05) is 0 Å². The van der Waals surface area contributed by atoms with Gasteiger partial charge in [-0.3, -0.25) is 0 Å². The molecule has 0 nitrogen and oxygen atoms in total. The second-order valence-electron chi connectivity index (χ2n) is 2.35. The molecule has 0 N–H and O–H groups in total. The molecule has 0 saturated carbocycles. The van der Waals surface area contributed by atoms with E-state index in [0.29, 0.717) is 0 Å². The monoisotopic (exact) mass is 132 g/mol. The smallest absolute Gasteiger partial charge is 0.0632 e. The van der Waals surface area contributed by atoms with E-state index in [1.165, 1.54) is 11.6 Å². The molecule has 2 aliphatic rings. The Morgan fingerprint density at radius 1 is 1.44 bits per heavy atom. The Morgan fingerprint density at radius 2 is 2.33 bits per heavy atom. The van der Waals surface area contributed by atoms with Crippen LogP contribution in [0.25, 0.3) is 0 Å². The molecule has 0 atom stereocenters. The standard InChI is InChI=1S/C8H8Si/c1-2-6-5-7-3-4-8(6)9-7/h3-5H,2H2,1H3. The summed E-state index contributed by atoms with van der Waals surface area (Å²) in [5.41, 5.74) is 1.56. The Hall–Kier alpha value is -0.563. The van der Waals surface area contributed by atoms with Gasteiger partial charge < -0.3 is 0 Å². The number of allylic oxidation sites excluding steroid dienone is 6. The molecule has 0 aromatic rings. The van der Waals surface area contributed by atoms with Gasteiger partial charge in [-0.15, -0.1) is 0 Å². The minimum Gasteiger partial charge on any atom is -0.0632 e. The Labute approximate surface area is 57.8 Å². The zero-order valence-electron chi connectivity index (χ0n) is 5.44. The Morgan fingerprint density at radius 3 is 2.67 bits per heavy atom. The quantitative estimate of drug-likeness (QED) is 0.477. The molecule has 2 aliphatic heterocycles. The lowest BCUT2D eigenvalue weighted by Gasteiger charge is -1.96. The zero-order chi connectivity index (χ0) is 6.27. The fourth-order valence-electron chi connectivity index (χ4n) is 1.24. The van der Waals surface area contributed by atoms with Crippen molar-refractivity contribution in [3.63, 3.8) is 0 Å². The van der Waals surface area contributed by atoms with Gasteiger partial charge in [0.25, 0.3) is 0 Å². The summed E-state index contributed by atoms with van der Waals surface area (Å²) in [6.07, 6.45) is 8.02. The zero-order valence-corrected chi connectivity index (χ0v) is 6.44. The molecule has 0 fully saturated rings. The highest BCUT2D eigenvalue weighted by atomic mass is 28.2. The molecule has 0 spiro atoms. The van der Waals surface area contributed by atoms with Crippen molar-refractivity contribution in [1.82, 2.24) is 0 Å². The van der Waals surface area contributed by atoms with Crippen LogP contribution < -0.4 is 0 Å². The first-order valence-corrected chi connectivity index (χ1v) is 4.30. The molecule has 2 heterocycles. The molecule has 2 radical (unpaired) electrons. The van der Waals surface area contributed by atoms with Crippen molar-refractivity contribution in [2.45, 2.75) is 13.3 Å². The average molecular weight is 132 g/mol. The summed E-state index contributed by atoms with van der Waals surface area (Å²) in [5, 5.41) is 3.11. The molecule has 9 heavy (non-hydrogen) atoms. The average Bonchev–Trinajstić information content (AvgIpc) is 2.45. The van der Waals surface area contributed by atoms with Crippen LogP contribution in [0.1, 0.15) is 13.3 Å². The number of rotatable bonds is 1. The van der Waals surface area contributed by atoms with Crippen molar-refractivity contribution in [3.8, 4) is 0 Å². The van der Waals surface area contributed by atoms with Crippen LogP contribution in [0.15, 0.2) is 34.2 Å². The molecule has 1 heteroatoms. The van der Waals surface area contributed by atoms with Crippen LogP contribution in [0, 0.1) is 0 Å². The molecule has 0 aliphatic carbocycles. The second-order valence-corrected chi connectivity index (χ2v) is 3.72. The first-order valence-electron chi connectivity index (χ1n) is 3.30. The van der Waals surface area contributed by atoms with Crippen LogP contribution in [-0.4, -0.2) is 9.52 Å². The maximum atomic E-state index is 2.33. The third kappa shape index (κ3) is 0.647. The summed E-state index contributed by atoms with van der Waals surface area (Å²) in [7, 11) is 0.984. The predicted octanol–water partition coefficient (Wildman–Crippen LogP) is 1.82. The van der Waals surface area contributed by atoms with E-state index in [4.69, 9.17) is 0 Å². The number of fused-ring (bicyclic) bond motifs is 2.